The van der Waals surface area contributed by atoms with Crippen LogP contribution in [0.25, 0.3) is 0 Å². The van der Waals surface area contributed by atoms with Gasteiger partial charge in [-0.3, -0.25) is 0 Å². The maximum absolute atomic E-state index is 8.66. The Morgan fingerprint density at radius 1 is 1.17 bits per heavy atom. The molecule has 0 radical (unpaired) electrons. The van der Waals surface area contributed by atoms with Crippen molar-refractivity contribution in [1.82, 2.24) is 0 Å². The quantitative estimate of drug-likeness (QED) is 0.314. The van der Waals surface area contributed by atoms with Gasteiger partial charge in [0, 0.05) is 5.56 Å². The zero-order valence-corrected chi connectivity index (χ0v) is 14.6. The van der Waals surface area contributed by atoms with Crippen LogP contribution in [0.2, 0.25) is 0 Å². The Balaban J connectivity index is 2.00. The van der Waals surface area contributed by atoms with Gasteiger partial charge in [-0.25, -0.2) is 0 Å². The van der Waals surface area contributed by atoms with Gasteiger partial charge in [0.1, 0.15) is 0 Å². The highest BCUT2D eigenvalue weighted by molar-refractivity contribution is 9.10. The van der Waals surface area contributed by atoms with Crippen LogP contribution in [-0.4, -0.2) is 24.6 Å². The summed E-state index contributed by atoms with van der Waals surface area (Å²) in [6, 6.07) is 14.0. The van der Waals surface area contributed by atoms with Crippen molar-refractivity contribution < 1.29 is 14.7 Å². The first-order valence-corrected chi connectivity index (χ1v) is 8.34. The topological polar surface area (TPSA) is 51.0 Å². The zero-order valence-electron chi connectivity index (χ0n) is 13.0. The van der Waals surface area contributed by atoms with Gasteiger partial charge < -0.3 is 14.7 Å². The number of aryl methyl sites for hydroxylation is 1. The number of hydrogen-bond acceptors (Lipinski definition) is 4. The van der Waals surface area contributed by atoms with Crippen molar-refractivity contribution in [2.75, 3.05) is 13.2 Å². The van der Waals surface area contributed by atoms with E-state index in [9.17, 15) is 0 Å². The van der Waals surface area contributed by atoms with E-state index in [1.807, 2.05) is 31.2 Å². The number of rotatable bonds is 8. The van der Waals surface area contributed by atoms with Crippen LogP contribution in [-0.2, 0) is 6.42 Å². The van der Waals surface area contributed by atoms with Crippen molar-refractivity contribution in [3.05, 3.63) is 58.1 Å². The fraction of sp³-hybridized carbons (Fsp3) is 0.278. The summed E-state index contributed by atoms with van der Waals surface area (Å²) in [5.74, 6) is 1.31. The van der Waals surface area contributed by atoms with Crippen LogP contribution in [0.1, 0.15) is 24.5 Å². The van der Waals surface area contributed by atoms with Crippen molar-refractivity contribution in [3.63, 3.8) is 0 Å². The summed E-state index contributed by atoms with van der Waals surface area (Å²) in [5.41, 5.74) is 2.04. The molecule has 0 bridgehead atoms. The lowest BCUT2D eigenvalue weighted by Crippen LogP contribution is -2.03. The van der Waals surface area contributed by atoms with Crippen molar-refractivity contribution in [2.24, 2.45) is 5.16 Å². The highest BCUT2D eigenvalue weighted by atomic mass is 79.9. The zero-order chi connectivity index (χ0) is 16.5. The molecule has 0 amide bonds. The van der Waals surface area contributed by atoms with Crippen molar-refractivity contribution in [3.8, 4) is 11.5 Å². The highest BCUT2D eigenvalue weighted by Crippen LogP contribution is 2.36. The normalized spacial score (nSPS) is 10.9. The van der Waals surface area contributed by atoms with Gasteiger partial charge >= 0.3 is 0 Å². The second kappa shape index (κ2) is 9.20. The molecule has 5 heteroatoms. The first-order valence-electron chi connectivity index (χ1n) is 7.55. The van der Waals surface area contributed by atoms with Crippen LogP contribution in [0, 0.1) is 0 Å². The summed E-state index contributed by atoms with van der Waals surface area (Å²) >= 11 is 3.49. The van der Waals surface area contributed by atoms with Crippen molar-refractivity contribution in [2.45, 2.75) is 19.8 Å². The maximum Gasteiger partial charge on any atom is 0.175 e. The molecule has 0 aliphatic rings. The Kier molecular flexibility index (Phi) is 6.94. The van der Waals surface area contributed by atoms with Crippen LogP contribution in [0.15, 0.2) is 52.1 Å². The molecule has 2 aromatic carbocycles. The van der Waals surface area contributed by atoms with Gasteiger partial charge in [0.25, 0.3) is 0 Å². The van der Waals surface area contributed by atoms with E-state index >= 15 is 0 Å². The van der Waals surface area contributed by atoms with Crippen LogP contribution in [0.4, 0.5) is 0 Å². The van der Waals surface area contributed by atoms with Crippen LogP contribution in [0.3, 0.4) is 0 Å². The van der Waals surface area contributed by atoms with E-state index in [4.69, 9.17) is 14.7 Å². The summed E-state index contributed by atoms with van der Waals surface area (Å²) < 4.78 is 12.3. The number of hydrogen-bond donors (Lipinski definition) is 1. The standard InChI is InChI=1S/C18H20BrNO3/c1-2-22-17-12-15(13-20-21)11-16(19)18(17)23-10-6-9-14-7-4-3-5-8-14/h3-5,7-8,11-13,21H,2,6,9-10H2,1H3. The molecule has 0 aliphatic heterocycles. The Bertz CT molecular complexity index is 644. The summed E-state index contributed by atoms with van der Waals surface area (Å²) in [6.45, 7) is 3.05. The molecule has 0 aromatic heterocycles. The maximum atomic E-state index is 8.66. The molecule has 0 saturated carbocycles. The number of ether oxygens (including phenoxy) is 2. The van der Waals surface area contributed by atoms with Gasteiger partial charge in [-0.2, -0.15) is 0 Å². The minimum Gasteiger partial charge on any atom is -0.490 e. The van der Waals surface area contributed by atoms with Crippen LogP contribution in [0.5, 0.6) is 11.5 Å². The Labute approximate surface area is 144 Å². The molecule has 23 heavy (non-hydrogen) atoms. The monoisotopic (exact) mass is 377 g/mol. The van der Waals surface area contributed by atoms with Gasteiger partial charge in [-0.05, 0) is 53.4 Å². The molecule has 0 aliphatic carbocycles. The lowest BCUT2D eigenvalue weighted by molar-refractivity contribution is 0.272. The van der Waals surface area contributed by atoms with E-state index < -0.39 is 0 Å². The summed E-state index contributed by atoms with van der Waals surface area (Å²) in [5, 5.41) is 11.7. The molecule has 0 fully saturated rings. The van der Waals surface area contributed by atoms with E-state index in [2.05, 4.69) is 33.2 Å². The predicted molar refractivity (Wildman–Crippen MR) is 94.9 cm³/mol. The lowest BCUT2D eigenvalue weighted by atomic mass is 10.1. The third kappa shape index (κ3) is 5.28. The van der Waals surface area contributed by atoms with Gasteiger partial charge in [-0.15, -0.1) is 0 Å². The average molecular weight is 378 g/mol. The van der Waals surface area contributed by atoms with Gasteiger partial charge in [0.05, 0.1) is 23.9 Å². The van der Waals surface area contributed by atoms with E-state index in [-0.39, 0.29) is 0 Å². The highest BCUT2D eigenvalue weighted by Gasteiger charge is 2.11. The molecule has 0 atom stereocenters. The average Bonchev–Trinajstić information content (AvgIpc) is 2.55. The molecular weight excluding hydrogens is 358 g/mol. The molecule has 4 nitrogen and oxygen atoms in total. The number of benzene rings is 2. The van der Waals surface area contributed by atoms with Crippen LogP contribution < -0.4 is 9.47 Å². The summed E-state index contributed by atoms with van der Waals surface area (Å²) in [7, 11) is 0. The van der Waals surface area contributed by atoms with Crippen molar-refractivity contribution in [1.29, 1.82) is 0 Å². The Hall–Kier alpha value is -2.01. The molecular formula is C18H20BrNO3. The Morgan fingerprint density at radius 3 is 2.65 bits per heavy atom. The second-order valence-corrected chi connectivity index (χ2v) is 5.80. The van der Waals surface area contributed by atoms with E-state index in [0.29, 0.717) is 24.7 Å². The van der Waals surface area contributed by atoms with Gasteiger partial charge in [-0.1, -0.05) is 35.5 Å². The minimum absolute atomic E-state index is 0.534. The predicted octanol–water partition coefficient (Wildman–Crippen LogP) is 4.67. The fourth-order valence-electron chi connectivity index (χ4n) is 2.23. The van der Waals surface area contributed by atoms with E-state index in [1.54, 1.807) is 6.07 Å². The van der Waals surface area contributed by atoms with Crippen molar-refractivity contribution >= 4 is 22.1 Å². The molecule has 2 rings (SSSR count). The number of nitrogens with zero attached hydrogens (tertiary/aromatic N) is 1. The first kappa shape index (κ1) is 17.3. The summed E-state index contributed by atoms with van der Waals surface area (Å²) in [4.78, 5) is 0. The molecule has 0 spiro atoms. The molecule has 0 heterocycles. The number of oxime groups is 1. The first-order chi connectivity index (χ1) is 11.2. The Morgan fingerprint density at radius 2 is 1.96 bits per heavy atom. The third-order valence-electron chi connectivity index (χ3n) is 3.24. The molecule has 1 N–H and O–H groups in total. The minimum atomic E-state index is 0.534. The third-order valence-corrected chi connectivity index (χ3v) is 3.83. The van der Waals surface area contributed by atoms with Crippen LogP contribution >= 0.6 is 15.9 Å². The van der Waals surface area contributed by atoms with Gasteiger partial charge in [0.2, 0.25) is 0 Å². The smallest absolute Gasteiger partial charge is 0.175 e. The van der Waals surface area contributed by atoms with E-state index in [1.165, 1.54) is 11.8 Å². The summed E-state index contributed by atoms with van der Waals surface area (Å²) in [6.07, 6.45) is 3.24. The molecule has 122 valence electrons. The molecule has 0 saturated heterocycles. The number of halogens is 1. The van der Waals surface area contributed by atoms with Gasteiger partial charge in [0.15, 0.2) is 11.5 Å². The SMILES string of the molecule is CCOc1cc(C=NO)cc(Br)c1OCCCc1ccccc1. The fourth-order valence-corrected chi connectivity index (χ4v) is 2.80. The molecule has 0 unspecified atom stereocenters. The second-order valence-electron chi connectivity index (χ2n) is 4.95. The molecule has 2 aromatic rings. The lowest BCUT2D eigenvalue weighted by Gasteiger charge is -2.14. The van der Waals surface area contributed by atoms with E-state index in [0.717, 1.165) is 22.9 Å². The largest absolute Gasteiger partial charge is 0.490 e.